The van der Waals surface area contributed by atoms with Gasteiger partial charge in [0.25, 0.3) is 0 Å². The Bertz CT molecular complexity index is 3200. The minimum atomic E-state index is -0.204. The second-order valence-electron chi connectivity index (χ2n) is 16.5. The quantitative estimate of drug-likeness (QED) is 0.146. The van der Waals surface area contributed by atoms with Gasteiger partial charge in [-0.15, -0.1) is 0 Å². The molecule has 60 heavy (non-hydrogen) atoms. The van der Waals surface area contributed by atoms with Crippen molar-refractivity contribution in [3.63, 3.8) is 0 Å². The van der Waals surface area contributed by atoms with E-state index < -0.39 is 0 Å². The molecule has 0 spiro atoms. The van der Waals surface area contributed by atoms with Crippen LogP contribution in [0.25, 0.3) is 77.2 Å². The number of hydrogen-bond acceptors (Lipinski definition) is 1. The number of para-hydroxylation sites is 1. The monoisotopic (exact) mass is 765 g/mol. The molecule has 0 aromatic heterocycles. The number of benzene rings is 10. The van der Waals surface area contributed by atoms with Crippen LogP contribution in [0.15, 0.2) is 224 Å². The Kier molecular flexibility index (Phi) is 8.57. The largest absolute Gasteiger partial charge is 0.310 e. The molecule has 0 amide bonds. The minimum Gasteiger partial charge on any atom is -0.310 e. The maximum absolute atomic E-state index is 2.46. The van der Waals surface area contributed by atoms with Gasteiger partial charge in [0.15, 0.2) is 0 Å². The number of fused-ring (bicyclic) bond motifs is 6. The molecule has 1 heteroatoms. The lowest BCUT2D eigenvalue weighted by Crippen LogP contribution is -2.17. The highest BCUT2D eigenvalue weighted by Crippen LogP contribution is 2.52. The van der Waals surface area contributed by atoms with Gasteiger partial charge in [0.05, 0.1) is 5.69 Å². The predicted molar refractivity (Wildman–Crippen MR) is 255 cm³/mol. The van der Waals surface area contributed by atoms with Crippen molar-refractivity contribution in [2.75, 3.05) is 4.90 Å². The van der Waals surface area contributed by atoms with Crippen LogP contribution in [0.4, 0.5) is 17.1 Å². The van der Waals surface area contributed by atoms with Crippen molar-refractivity contribution in [3.05, 3.63) is 236 Å². The zero-order valence-electron chi connectivity index (χ0n) is 33.8. The van der Waals surface area contributed by atoms with E-state index in [1.54, 1.807) is 0 Å². The predicted octanol–water partition coefficient (Wildman–Crippen LogP) is 16.4. The van der Waals surface area contributed by atoms with E-state index in [-0.39, 0.29) is 5.41 Å². The van der Waals surface area contributed by atoms with Gasteiger partial charge in [0.2, 0.25) is 0 Å². The lowest BCUT2D eigenvalue weighted by Gasteiger charge is -2.30. The van der Waals surface area contributed by atoms with Gasteiger partial charge in [0.1, 0.15) is 0 Å². The fourth-order valence-corrected chi connectivity index (χ4v) is 9.48. The van der Waals surface area contributed by atoms with E-state index in [1.165, 1.54) is 88.3 Å². The molecule has 0 fully saturated rings. The third kappa shape index (κ3) is 6.10. The van der Waals surface area contributed by atoms with Crippen molar-refractivity contribution in [3.8, 4) is 55.6 Å². The van der Waals surface area contributed by atoms with E-state index in [0.717, 1.165) is 17.1 Å². The first-order chi connectivity index (χ1) is 29.5. The van der Waals surface area contributed by atoms with Gasteiger partial charge in [-0.2, -0.15) is 0 Å². The standard InChI is InChI=1S/C59H43N/c1-59(2)56-38-47(44-27-25-43(26-28-44)42-23-21-41(22-24-42)40-13-5-3-6-14-40)31-34-54(56)55-36-33-50(39-57(55)59)60(58-20-12-11-19-53(58)45-15-7-4-8-16-45)49-32-35-52-48(37-49)30-29-46-17-9-10-18-51(46)52/h3-39H,1-2H3. The van der Waals surface area contributed by atoms with Crippen molar-refractivity contribution in [1.82, 2.24) is 0 Å². The van der Waals surface area contributed by atoms with Crippen molar-refractivity contribution in [2.24, 2.45) is 0 Å². The van der Waals surface area contributed by atoms with E-state index in [4.69, 9.17) is 0 Å². The fraction of sp³-hybridized carbons (Fsp3) is 0.0508. The zero-order chi connectivity index (χ0) is 40.2. The number of hydrogen-bond donors (Lipinski definition) is 0. The molecule has 284 valence electrons. The van der Waals surface area contributed by atoms with E-state index >= 15 is 0 Å². The van der Waals surface area contributed by atoms with Gasteiger partial charge in [-0.05, 0) is 119 Å². The molecule has 1 nitrogen and oxygen atoms in total. The van der Waals surface area contributed by atoms with Gasteiger partial charge in [-0.3, -0.25) is 0 Å². The van der Waals surface area contributed by atoms with Crippen molar-refractivity contribution in [2.45, 2.75) is 19.3 Å². The summed E-state index contributed by atoms with van der Waals surface area (Å²) in [5, 5.41) is 5.03. The highest BCUT2D eigenvalue weighted by molar-refractivity contribution is 6.09. The number of anilines is 3. The van der Waals surface area contributed by atoms with Gasteiger partial charge < -0.3 is 4.90 Å². The molecule has 0 atom stereocenters. The summed E-state index contributed by atoms with van der Waals surface area (Å²) >= 11 is 0. The molecule has 0 aliphatic heterocycles. The molecule has 0 N–H and O–H groups in total. The van der Waals surface area contributed by atoms with Crippen LogP contribution in [0.1, 0.15) is 25.0 Å². The number of nitrogens with zero attached hydrogens (tertiary/aromatic N) is 1. The Morgan fingerprint density at radius 1 is 0.300 bits per heavy atom. The van der Waals surface area contributed by atoms with Gasteiger partial charge in [0, 0.05) is 22.4 Å². The molecule has 1 aliphatic rings. The van der Waals surface area contributed by atoms with E-state index in [0.29, 0.717) is 0 Å². The first-order valence-electron chi connectivity index (χ1n) is 20.9. The summed E-state index contributed by atoms with van der Waals surface area (Å²) in [6, 6.07) is 82.3. The van der Waals surface area contributed by atoms with E-state index in [1.807, 2.05) is 0 Å². The summed E-state index contributed by atoms with van der Waals surface area (Å²) in [6.07, 6.45) is 0. The topological polar surface area (TPSA) is 3.24 Å². The molecule has 10 aromatic carbocycles. The fourth-order valence-electron chi connectivity index (χ4n) is 9.48. The van der Waals surface area contributed by atoms with Gasteiger partial charge in [-0.1, -0.05) is 202 Å². The summed E-state index contributed by atoms with van der Waals surface area (Å²) < 4.78 is 0. The molecule has 0 radical (unpaired) electrons. The molecule has 0 heterocycles. The SMILES string of the molecule is CC1(C)c2cc(-c3ccc(-c4ccc(-c5ccccc5)cc4)cc3)ccc2-c2ccc(N(c3ccc4c(ccc5ccccc54)c3)c3ccccc3-c3ccccc3)cc21. The molecule has 0 unspecified atom stereocenters. The maximum atomic E-state index is 2.46. The molecule has 11 rings (SSSR count). The van der Waals surface area contributed by atoms with Crippen molar-refractivity contribution < 1.29 is 0 Å². The first-order valence-corrected chi connectivity index (χ1v) is 20.9. The van der Waals surface area contributed by atoms with Crippen LogP contribution in [-0.2, 0) is 5.41 Å². The average Bonchev–Trinajstić information content (AvgIpc) is 3.54. The highest BCUT2D eigenvalue weighted by atomic mass is 15.1. The van der Waals surface area contributed by atoms with Gasteiger partial charge in [-0.25, -0.2) is 0 Å². The normalized spacial score (nSPS) is 12.6. The molecule has 10 aromatic rings. The molecule has 0 bridgehead atoms. The van der Waals surface area contributed by atoms with Crippen LogP contribution in [0.2, 0.25) is 0 Å². The first kappa shape index (κ1) is 35.7. The van der Waals surface area contributed by atoms with Crippen LogP contribution >= 0.6 is 0 Å². The summed E-state index contributed by atoms with van der Waals surface area (Å²) in [5.74, 6) is 0. The molecule has 1 aliphatic carbocycles. The minimum absolute atomic E-state index is 0.204. The summed E-state index contributed by atoms with van der Waals surface area (Å²) in [4.78, 5) is 2.46. The molecular formula is C59H43N. The molecule has 0 saturated carbocycles. The second kappa shape index (κ2) is 14.4. The lowest BCUT2D eigenvalue weighted by atomic mass is 9.81. The number of rotatable bonds is 7. The molecular weight excluding hydrogens is 723 g/mol. The van der Waals surface area contributed by atoms with Crippen LogP contribution in [-0.4, -0.2) is 0 Å². The van der Waals surface area contributed by atoms with Crippen LogP contribution < -0.4 is 4.90 Å². The Morgan fingerprint density at radius 3 is 1.47 bits per heavy atom. The summed E-state index contributed by atoms with van der Waals surface area (Å²) in [6.45, 7) is 4.77. The Hall–Kier alpha value is -7.48. The van der Waals surface area contributed by atoms with Crippen LogP contribution in [0, 0.1) is 0 Å². The highest BCUT2D eigenvalue weighted by Gasteiger charge is 2.36. The lowest BCUT2D eigenvalue weighted by molar-refractivity contribution is 0.660. The smallest absolute Gasteiger partial charge is 0.0540 e. The maximum Gasteiger partial charge on any atom is 0.0540 e. The van der Waals surface area contributed by atoms with Crippen LogP contribution in [0.5, 0.6) is 0 Å². The zero-order valence-corrected chi connectivity index (χ0v) is 33.8. The molecule has 0 saturated heterocycles. The summed E-state index contributed by atoms with van der Waals surface area (Å²) in [5.41, 5.74) is 18.3. The second-order valence-corrected chi connectivity index (χ2v) is 16.5. The Morgan fingerprint density at radius 2 is 0.767 bits per heavy atom. The van der Waals surface area contributed by atoms with Crippen molar-refractivity contribution >= 4 is 38.6 Å². The van der Waals surface area contributed by atoms with Crippen molar-refractivity contribution in [1.29, 1.82) is 0 Å². The van der Waals surface area contributed by atoms with E-state index in [2.05, 4.69) is 243 Å². The third-order valence-corrected chi connectivity index (χ3v) is 12.7. The van der Waals surface area contributed by atoms with Gasteiger partial charge >= 0.3 is 0 Å². The van der Waals surface area contributed by atoms with Crippen LogP contribution in [0.3, 0.4) is 0 Å². The average molecular weight is 766 g/mol. The summed E-state index contributed by atoms with van der Waals surface area (Å²) in [7, 11) is 0. The Balaban J connectivity index is 0.966. The third-order valence-electron chi connectivity index (χ3n) is 12.7. The Labute approximate surface area is 352 Å². The van der Waals surface area contributed by atoms with E-state index in [9.17, 15) is 0 Å².